The van der Waals surface area contributed by atoms with E-state index in [-0.39, 0.29) is 29.7 Å². The molecule has 0 fully saturated rings. The first-order valence-electron chi connectivity index (χ1n) is 9.43. The number of rotatable bonds is 5. The van der Waals surface area contributed by atoms with Gasteiger partial charge in [0.2, 0.25) is 0 Å². The van der Waals surface area contributed by atoms with Crippen LogP contribution < -0.4 is 0 Å². The predicted molar refractivity (Wildman–Crippen MR) is 112 cm³/mol. The van der Waals surface area contributed by atoms with Crippen LogP contribution in [0.5, 0.6) is 5.75 Å². The van der Waals surface area contributed by atoms with Crippen LogP contribution >= 0.6 is 0 Å². The normalized spacial score (nSPS) is 12.2. The molecule has 0 heterocycles. The van der Waals surface area contributed by atoms with Crippen LogP contribution in [0.2, 0.25) is 0 Å². The number of nitrogens with zero attached hydrogens (tertiary/aromatic N) is 2. The summed E-state index contributed by atoms with van der Waals surface area (Å²) in [7, 11) is 0. The van der Waals surface area contributed by atoms with Crippen LogP contribution in [0.15, 0.2) is 52.7 Å². The van der Waals surface area contributed by atoms with E-state index in [0.717, 1.165) is 5.56 Å². The zero-order valence-electron chi connectivity index (χ0n) is 17.8. The molecule has 0 aliphatic carbocycles. The summed E-state index contributed by atoms with van der Waals surface area (Å²) in [6.45, 7) is 11.0. The molecule has 154 valence electrons. The van der Waals surface area contributed by atoms with Crippen LogP contribution in [0, 0.1) is 10.8 Å². The van der Waals surface area contributed by atoms with Crippen LogP contribution in [-0.4, -0.2) is 16.9 Å². The number of hydrogen-bond acceptors (Lipinski definition) is 6. The van der Waals surface area contributed by atoms with Crippen molar-refractivity contribution in [2.24, 2.45) is 21.1 Å². The van der Waals surface area contributed by atoms with Gasteiger partial charge in [-0.2, -0.15) is 10.2 Å². The number of phenolic OH excluding ortho intramolecular Hbond substituents is 1. The molecule has 2 aromatic carbocycles. The van der Waals surface area contributed by atoms with Crippen molar-refractivity contribution in [3.63, 3.8) is 0 Å². The van der Waals surface area contributed by atoms with E-state index in [9.17, 15) is 14.7 Å². The summed E-state index contributed by atoms with van der Waals surface area (Å²) in [5.74, 6) is -0.492. The molecule has 6 nitrogen and oxygen atoms in total. The lowest BCUT2D eigenvalue weighted by Gasteiger charge is -2.17. The van der Waals surface area contributed by atoms with Gasteiger partial charge in [0.25, 0.3) is 0 Å². The zero-order chi connectivity index (χ0) is 21.8. The smallest absolute Gasteiger partial charge is 0.311 e. The average Bonchev–Trinajstić information content (AvgIpc) is 2.64. The highest BCUT2D eigenvalue weighted by Crippen LogP contribution is 2.30. The van der Waals surface area contributed by atoms with E-state index in [0.29, 0.717) is 11.4 Å². The molecule has 0 unspecified atom stereocenters. The van der Waals surface area contributed by atoms with Gasteiger partial charge in [-0.1, -0.05) is 32.9 Å². The second-order valence-electron chi connectivity index (χ2n) is 8.97. The lowest BCUT2D eigenvalue weighted by atomic mass is 9.86. The molecular weight excluding hydrogens is 368 g/mol. The largest absolute Gasteiger partial charge is 0.507 e. The SMILES string of the molecule is CC(C)(C)C(=O)OCc1ccc(N=Nc2ccc(O)c(C(=O)C(C)(C)C)c2)cc1. The average molecular weight is 396 g/mol. The highest BCUT2D eigenvalue weighted by atomic mass is 16.5. The summed E-state index contributed by atoms with van der Waals surface area (Å²) in [5.41, 5.74) is 1.02. The van der Waals surface area contributed by atoms with Gasteiger partial charge >= 0.3 is 5.97 Å². The Morgan fingerprint density at radius 3 is 1.97 bits per heavy atom. The number of Topliss-reactive ketones (excluding diaryl/α,β-unsaturated/α-hetero) is 1. The number of carbonyl (C=O) groups excluding carboxylic acids is 2. The fourth-order valence-corrected chi connectivity index (χ4v) is 2.31. The lowest BCUT2D eigenvalue weighted by molar-refractivity contribution is -0.154. The Kier molecular flexibility index (Phi) is 6.57. The summed E-state index contributed by atoms with van der Waals surface area (Å²) < 4.78 is 5.29. The van der Waals surface area contributed by atoms with Crippen molar-refractivity contribution in [2.75, 3.05) is 0 Å². The number of hydrogen-bond donors (Lipinski definition) is 1. The number of azo groups is 1. The highest BCUT2D eigenvalue weighted by molar-refractivity contribution is 6.02. The number of benzene rings is 2. The van der Waals surface area contributed by atoms with Gasteiger partial charge in [0.05, 0.1) is 22.4 Å². The number of aromatic hydroxyl groups is 1. The lowest BCUT2D eigenvalue weighted by Crippen LogP contribution is -2.22. The molecule has 29 heavy (non-hydrogen) atoms. The number of ketones is 1. The second-order valence-corrected chi connectivity index (χ2v) is 8.97. The van der Waals surface area contributed by atoms with Gasteiger partial charge in [-0.25, -0.2) is 0 Å². The van der Waals surface area contributed by atoms with E-state index >= 15 is 0 Å². The molecule has 1 N–H and O–H groups in total. The van der Waals surface area contributed by atoms with Crippen LogP contribution in [0.25, 0.3) is 0 Å². The Morgan fingerprint density at radius 2 is 1.41 bits per heavy atom. The summed E-state index contributed by atoms with van der Waals surface area (Å²) in [4.78, 5) is 24.3. The molecule has 0 radical (unpaired) electrons. The third-order valence-electron chi connectivity index (χ3n) is 4.11. The summed E-state index contributed by atoms with van der Waals surface area (Å²) in [6.07, 6.45) is 0. The molecule has 0 saturated heterocycles. The molecular formula is C23H28N2O4. The van der Waals surface area contributed by atoms with E-state index in [4.69, 9.17) is 4.74 Å². The fourth-order valence-electron chi connectivity index (χ4n) is 2.31. The minimum absolute atomic E-state index is 0.0713. The molecule has 0 saturated carbocycles. The van der Waals surface area contributed by atoms with Crippen molar-refractivity contribution in [2.45, 2.75) is 48.1 Å². The Labute approximate surface area is 171 Å². The van der Waals surface area contributed by atoms with Crippen LogP contribution in [-0.2, 0) is 16.1 Å². The van der Waals surface area contributed by atoms with Crippen molar-refractivity contribution in [1.29, 1.82) is 0 Å². The minimum atomic E-state index is -0.612. The van der Waals surface area contributed by atoms with E-state index in [1.165, 1.54) is 12.1 Å². The Bertz CT molecular complexity index is 917. The van der Waals surface area contributed by atoms with Crippen molar-refractivity contribution in [3.8, 4) is 5.75 Å². The maximum absolute atomic E-state index is 12.5. The molecule has 2 rings (SSSR count). The van der Waals surface area contributed by atoms with Gasteiger partial charge in [0, 0.05) is 5.41 Å². The molecule has 2 aromatic rings. The van der Waals surface area contributed by atoms with E-state index < -0.39 is 10.8 Å². The second kappa shape index (κ2) is 8.55. The topological polar surface area (TPSA) is 88.3 Å². The molecule has 0 aliphatic heterocycles. The number of ether oxygens (including phenoxy) is 1. The molecule has 0 atom stereocenters. The monoisotopic (exact) mass is 396 g/mol. The van der Waals surface area contributed by atoms with E-state index in [1.54, 1.807) is 39.0 Å². The van der Waals surface area contributed by atoms with Crippen LogP contribution in [0.4, 0.5) is 11.4 Å². The molecule has 0 bridgehead atoms. The minimum Gasteiger partial charge on any atom is -0.507 e. The van der Waals surface area contributed by atoms with Crippen LogP contribution in [0.1, 0.15) is 57.5 Å². The Balaban J connectivity index is 2.09. The van der Waals surface area contributed by atoms with Crippen molar-refractivity contribution >= 4 is 23.1 Å². The molecule has 0 amide bonds. The maximum Gasteiger partial charge on any atom is 0.311 e. The van der Waals surface area contributed by atoms with Crippen molar-refractivity contribution in [1.82, 2.24) is 0 Å². The summed E-state index contributed by atoms with van der Waals surface area (Å²) in [5, 5.41) is 18.3. The summed E-state index contributed by atoms with van der Waals surface area (Å²) in [6, 6.07) is 11.7. The number of phenols is 1. The quantitative estimate of drug-likeness (QED) is 0.374. The summed E-state index contributed by atoms with van der Waals surface area (Å²) >= 11 is 0. The number of esters is 1. The van der Waals surface area contributed by atoms with Crippen LogP contribution in [0.3, 0.4) is 0 Å². The van der Waals surface area contributed by atoms with Gasteiger partial charge in [-0.05, 0) is 56.7 Å². The third-order valence-corrected chi connectivity index (χ3v) is 4.11. The number of carbonyl (C=O) groups is 2. The fraction of sp³-hybridized carbons (Fsp3) is 0.391. The molecule has 6 heteroatoms. The first kappa shape index (κ1) is 22.3. The molecule has 0 aliphatic rings. The van der Waals surface area contributed by atoms with Crippen molar-refractivity contribution in [3.05, 3.63) is 53.6 Å². The predicted octanol–water partition coefficient (Wildman–Crippen LogP) is 6.13. The van der Waals surface area contributed by atoms with Gasteiger partial charge in [-0.15, -0.1) is 0 Å². The maximum atomic E-state index is 12.5. The zero-order valence-corrected chi connectivity index (χ0v) is 17.8. The molecule has 0 spiro atoms. The molecule has 0 aromatic heterocycles. The first-order valence-corrected chi connectivity index (χ1v) is 9.43. The van der Waals surface area contributed by atoms with Gasteiger partial charge in [-0.3, -0.25) is 9.59 Å². The van der Waals surface area contributed by atoms with Crippen molar-refractivity contribution < 1.29 is 19.4 Å². The standard InChI is InChI=1S/C23H28N2O4/c1-22(2,3)20(27)18-13-17(11-12-19(18)26)25-24-16-9-7-15(8-10-16)14-29-21(28)23(4,5)6/h7-13,26H,14H2,1-6H3. The van der Waals surface area contributed by atoms with E-state index in [2.05, 4.69) is 10.2 Å². The third kappa shape index (κ3) is 6.24. The Hall–Kier alpha value is -3.02. The van der Waals surface area contributed by atoms with Gasteiger partial charge in [0.1, 0.15) is 12.4 Å². The first-order chi connectivity index (χ1) is 13.4. The highest BCUT2D eigenvalue weighted by Gasteiger charge is 2.25. The van der Waals surface area contributed by atoms with E-state index in [1.807, 2.05) is 32.9 Å². The van der Waals surface area contributed by atoms with Gasteiger partial charge in [0.15, 0.2) is 5.78 Å². The van der Waals surface area contributed by atoms with Gasteiger partial charge < -0.3 is 9.84 Å². The Morgan fingerprint density at radius 1 is 0.862 bits per heavy atom.